The Morgan fingerprint density at radius 1 is 1.13 bits per heavy atom. The van der Waals surface area contributed by atoms with Gasteiger partial charge in [-0.2, -0.15) is 0 Å². The van der Waals surface area contributed by atoms with Gasteiger partial charge in [0.2, 0.25) is 0 Å². The first kappa shape index (κ1) is 11.4. The summed E-state index contributed by atoms with van der Waals surface area (Å²) < 4.78 is 0. The van der Waals surface area contributed by atoms with Crippen molar-refractivity contribution in [2.75, 3.05) is 26.7 Å². The fourth-order valence-electron chi connectivity index (χ4n) is 2.29. The highest BCUT2D eigenvalue weighted by molar-refractivity contribution is 4.84. The Bertz CT molecular complexity index is 167. The Morgan fingerprint density at radius 2 is 1.67 bits per heavy atom. The largest absolute Gasteiger partial charge is 0.316 e. The number of rotatable bonds is 8. The summed E-state index contributed by atoms with van der Waals surface area (Å²) in [6.45, 7) is 6.29. The van der Waals surface area contributed by atoms with E-state index in [0.717, 1.165) is 11.8 Å². The number of nitrogens with one attached hydrogen (secondary N) is 1. The van der Waals surface area contributed by atoms with Crippen molar-refractivity contribution in [3.05, 3.63) is 0 Å². The third kappa shape index (κ3) is 4.12. The standard InChI is InChI=1S/C13H26N2/c1-3-13(14-2)10-15(8-11-4-5-11)9-12-6-7-12/h11-14H,3-10H2,1-2H3. The maximum atomic E-state index is 3.43. The van der Waals surface area contributed by atoms with Crippen molar-refractivity contribution in [3.63, 3.8) is 0 Å². The lowest BCUT2D eigenvalue weighted by molar-refractivity contribution is 0.225. The summed E-state index contributed by atoms with van der Waals surface area (Å²) in [4.78, 5) is 2.72. The first-order valence-corrected chi connectivity index (χ1v) is 6.71. The summed E-state index contributed by atoms with van der Waals surface area (Å²) in [7, 11) is 2.10. The highest BCUT2D eigenvalue weighted by atomic mass is 15.2. The topological polar surface area (TPSA) is 15.3 Å². The van der Waals surface area contributed by atoms with E-state index in [1.54, 1.807) is 0 Å². The maximum absolute atomic E-state index is 3.43. The van der Waals surface area contributed by atoms with E-state index in [2.05, 4.69) is 24.2 Å². The van der Waals surface area contributed by atoms with Crippen molar-refractivity contribution in [1.29, 1.82) is 0 Å². The lowest BCUT2D eigenvalue weighted by Crippen LogP contribution is -2.41. The van der Waals surface area contributed by atoms with Crippen LogP contribution in [0.3, 0.4) is 0 Å². The predicted molar refractivity (Wildman–Crippen MR) is 65.0 cm³/mol. The molecule has 2 fully saturated rings. The van der Waals surface area contributed by atoms with Gasteiger partial charge in [0.05, 0.1) is 0 Å². The van der Waals surface area contributed by atoms with Gasteiger partial charge >= 0.3 is 0 Å². The van der Waals surface area contributed by atoms with E-state index in [1.807, 2.05) is 0 Å². The smallest absolute Gasteiger partial charge is 0.0189 e. The summed E-state index contributed by atoms with van der Waals surface area (Å²) >= 11 is 0. The lowest BCUT2D eigenvalue weighted by Gasteiger charge is -2.26. The van der Waals surface area contributed by atoms with Gasteiger partial charge in [-0.1, -0.05) is 6.92 Å². The van der Waals surface area contributed by atoms with Gasteiger partial charge in [0.25, 0.3) is 0 Å². The molecule has 2 aliphatic rings. The van der Waals surface area contributed by atoms with E-state index in [4.69, 9.17) is 0 Å². The van der Waals surface area contributed by atoms with E-state index in [0.29, 0.717) is 6.04 Å². The number of hydrogen-bond acceptors (Lipinski definition) is 2. The Hall–Kier alpha value is -0.0800. The summed E-state index contributed by atoms with van der Waals surface area (Å²) in [6, 6.07) is 0.697. The average Bonchev–Trinajstić information content (AvgIpc) is 3.09. The monoisotopic (exact) mass is 210 g/mol. The lowest BCUT2D eigenvalue weighted by atomic mass is 10.2. The highest BCUT2D eigenvalue weighted by Crippen LogP contribution is 2.33. The zero-order valence-electron chi connectivity index (χ0n) is 10.3. The van der Waals surface area contributed by atoms with Gasteiger partial charge in [-0.25, -0.2) is 0 Å². The van der Waals surface area contributed by atoms with Crippen molar-refractivity contribution in [3.8, 4) is 0 Å². The Kier molecular flexibility index (Phi) is 4.04. The van der Waals surface area contributed by atoms with E-state index in [9.17, 15) is 0 Å². The molecule has 1 atom stereocenters. The highest BCUT2D eigenvalue weighted by Gasteiger charge is 2.29. The van der Waals surface area contributed by atoms with E-state index in [1.165, 1.54) is 51.7 Å². The van der Waals surface area contributed by atoms with Crippen LogP contribution in [0.5, 0.6) is 0 Å². The van der Waals surface area contributed by atoms with Crippen LogP contribution in [0.4, 0.5) is 0 Å². The van der Waals surface area contributed by atoms with Crippen molar-refractivity contribution in [2.24, 2.45) is 11.8 Å². The van der Waals surface area contributed by atoms with Crippen LogP contribution in [0, 0.1) is 11.8 Å². The van der Waals surface area contributed by atoms with E-state index < -0.39 is 0 Å². The third-order valence-electron chi connectivity index (χ3n) is 3.81. The second-order valence-electron chi connectivity index (χ2n) is 5.50. The molecule has 1 N–H and O–H groups in total. The van der Waals surface area contributed by atoms with Gasteiger partial charge in [-0.15, -0.1) is 0 Å². The molecule has 0 aromatic carbocycles. The van der Waals surface area contributed by atoms with Gasteiger partial charge < -0.3 is 10.2 Å². The molecule has 0 bridgehead atoms. The molecule has 2 heteroatoms. The van der Waals surface area contributed by atoms with Gasteiger partial charge in [0.1, 0.15) is 0 Å². The minimum atomic E-state index is 0.697. The second-order valence-corrected chi connectivity index (χ2v) is 5.50. The van der Waals surface area contributed by atoms with Crippen LogP contribution < -0.4 is 5.32 Å². The first-order valence-electron chi connectivity index (χ1n) is 6.71. The summed E-state index contributed by atoms with van der Waals surface area (Å²) in [5.41, 5.74) is 0. The van der Waals surface area contributed by atoms with Crippen LogP contribution in [0.2, 0.25) is 0 Å². The van der Waals surface area contributed by atoms with Gasteiger partial charge in [-0.3, -0.25) is 0 Å². The molecule has 15 heavy (non-hydrogen) atoms. The van der Waals surface area contributed by atoms with Gasteiger partial charge in [0, 0.05) is 25.7 Å². The molecule has 0 heterocycles. The Labute approximate surface area is 94.4 Å². The predicted octanol–water partition coefficient (Wildman–Crippen LogP) is 2.11. The zero-order valence-corrected chi connectivity index (χ0v) is 10.3. The van der Waals surface area contributed by atoms with E-state index >= 15 is 0 Å². The van der Waals surface area contributed by atoms with Crippen molar-refractivity contribution in [2.45, 2.75) is 45.1 Å². The third-order valence-corrected chi connectivity index (χ3v) is 3.81. The average molecular weight is 210 g/mol. The Morgan fingerprint density at radius 3 is 2.00 bits per heavy atom. The molecule has 2 aliphatic carbocycles. The summed E-state index contributed by atoms with van der Waals surface area (Å²) in [6.07, 6.45) is 7.19. The van der Waals surface area contributed by atoms with Crippen LogP contribution in [-0.4, -0.2) is 37.6 Å². The number of hydrogen-bond donors (Lipinski definition) is 1. The molecular weight excluding hydrogens is 184 g/mol. The maximum Gasteiger partial charge on any atom is 0.0189 e. The number of nitrogens with zero attached hydrogens (tertiary/aromatic N) is 1. The van der Waals surface area contributed by atoms with Crippen molar-refractivity contribution >= 4 is 0 Å². The van der Waals surface area contributed by atoms with Crippen molar-refractivity contribution in [1.82, 2.24) is 10.2 Å². The fraction of sp³-hybridized carbons (Fsp3) is 1.00. The van der Waals surface area contributed by atoms with Crippen LogP contribution >= 0.6 is 0 Å². The molecular formula is C13H26N2. The minimum Gasteiger partial charge on any atom is -0.316 e. The minimum absolute atomic E-state index is 0.697. The molecule has 0 spiro atoms. The van der Waals surface area contributed by atoms with Crippen LogP contribution in [0.15, 0.2) is 0 Å². The van der Waals surface area contributed by atoms with E-state index in [-0.39, 0.29) is 0 Å². The van der Waals surface area contributed by atoms with Gasteiger partial charge in [-0.05, 0) is 51.0 Å². The fourth-order valence-corrected chi connectivity index (χ4v) is 2.29. The molecule has 0 amide bonds. The molecule has 88 valence electrons. The van der Waals surface area contributed by atoms with Crippen LogP contribution in [0.1, 0.15) is 39.0 Å². The quantitative estimate of drug-likeness (QED) is 0.660. The molecule has 0 aromatic heterocycles. The molecule has 0 aromatic rings. The second kappa shape index (κ2) is 5.31. The SMILES string of the molecule is CCC(CN(CC1CC1)CC1CC1)NC. The zero-order chi connectivity index (χ0) is 10.7. The van der Waals surface area contributed by atoms with Crippen LogP contribution in [0.25, 0.3) is 0 Å². The molecule has 0 saturated heterocycles. The first-order chi connectivity index (χ1) is 7.31. The molecule has 0 aliphatic heterocycles. The van der Waals surface area contributed by atoms with Crippen LogP contribution in [-0.2, 0) is 0 Å². The normalized spacial score (nSPS) is 23.4. The summed E-state index contributed by atoms with van der Waals surface area (Å²) in [5, 5.41) is 3.43. The van der Waals surface area contributed by atoms with Gasteiger partial charge in [0.15, 0.2) is 0 Å². The van der Waals surface area contributed by atoms with Crippen molar-refractivity contribution < 1.29 is 0 Å². The number of likely N-dealkylation sites (N-methyl/N-ethyl adjacent to an activating group) is 1. The summed E-state index contributed by atoms with van der Waals surface area (Å²) in [5.74, 6) is 2.08. The molecule has 0 radical (unpaired) electrons. The molecule has 2 rings (SSSR count). The Balaban J connectivity index is 1.73. The molecule has 2 saturated carbocycles. The molecule has 1 unspecified atom stereocenters. The molecule has 2 nitrogen and oxygen atoms in total.